The van der Waals surface area contributed by atoms with Crippen molar-refractivity contribution in [3.8, 4) is 17.2 Å². The van der Waals surface area contributed by atoms with Crippen LogP contribution in [0.5, 0.6) is 17.2 Å². The maximum Gasteiger partial charge on any atom is 0.262 e. The van der Waals surface area contributed by atoms with Crippen LogP contribution in [0.25, 0.3) is 10.9 Å². The van der Waals surface area contributed by atoms with Crippen molar-refractivity contribution in [3.05, 3.63) is 51.1 Å². The summed E-state index contributed by atoms with van der Waals surface area (Å²) in [7, 11) is 2.96. The van der Waals surface area contributed by atoms with E-state index in [0.717, 1.165) is 5.69 Å². The summed E-state index contributed by atoms with van der Waals surface area (Å²) in [5.41, 5.74) is 1.64. The van der Waals surface area contributed by atoms with Gasteiger partial charge in [-0.05, 0) is 31.2 Å². The number of carbonyl (C=O) groups excluding carboxylic acids is 1. The van der Waals surface area contributed by atoms with Crippen LogP contribution in [0.4, 0.5) is 5.69 Å². The van der Waals surface area contributed by atoms with Crippen molar-refractivity contribution >= 4 is 57.3 Å². The lowest BCUT2D eigenvalue weighted by molar-refractivity contribution is -0.118. The SMILES string of the molecule is COc1cc(OC)c(NC(=O)COc2c(Cl)cc(Cl)c3ccc(C)nc23)cc1Cl. The second kappa shape index (κ2) is 8.95. The van der Waals surface area contributed by atoms with Gasteiger partial charge < -0.3 is 19.5 Å². The van der Waals surface area contributed by atoms with Gasteiger partial charge in [0, 0.05) is 17.1 Å². The molecular formula is C20H17Cl3N2O4. The van der Waals surface area contributed by atoms with Gasteiger partial charge in [0.1, 0.15) is 17.0 Å². The molecule has 0 aliphatic rings. The molecule has 152 valence electrons. The Hall–Kier alpha value is -2.41. The zero-order chi connectivity index (χ0) is 21.1. The van der Waals surface area contributed by atoms with Gasteiger partial charge in [-0.25, -0.2) is 4.98 Å². The lowest BCUT2D eigenvalue weighted by atomic mass is 10.2. The molecule has 0 aliphatic heterocycles. The summed E-state index contributed by atoms with van der Waals surface area (Å²) < 4.78 is 16.1. The van der Waals surface area contributed by atoms with E-state index < -0.39 is 5.91 Å². The Kier molecular flexibility index (Phi) is 6.57. The number of nitrogens with one attached hydrogen (secondary N) is 1. The smallest absolute Gasteiger partial charge is 0.262 e. The van der Waals surface area contributed by atoms with Gasteiger partial charge in [0.25, 0.3) is 5.91 Å². The molecule has 0 bridgehead atoms. The molecular weight excluding hydrogens is 439 g/mol. The van der Waals surface area contributed by atoms with Gasteiger partial charge in [0.2, 0.25) is 0 Å². The van der Waals surface area contributed by atoms with Gasteiger partial charge in [-0.1, -0.05) is 34.8 Å². The number of anilines is 1. The minimum atomic E-state index is -0.434. The van der Waals surface area contributed by atoms with Crippen molar-refractivity contribution in [1.82, 2.24) is 4.98 Å². The molecule has 3 aromatic rings. The Morgan fingerprint density at radius 2 is 1.72 bits per heavy atom. The van der Waals surface area contributed by atoms with E-state index in [0.29, 0.717) is 38.1 Å². The van der Waals surface area contributed by atoms with Crippen LogP contribution in [0.2, 0.25) is 15.1 Å². The second-order valence-electron chi connectivity index (χ2n) is 6.04. The van der Waals surface area contributed by atoms with Crippen LogP contribution in [0.15, 0.2) is 30.3 Å². The molecule has 1 aromatic heterocycles. The minimum absolute atomic E-state index is 0.262. The van der Waals surface area contributed by atoms with E-state index in [4.69, 9.17) is 49.0 Å². The summed E-state index contributed by atoms with van der Waals surface area (Å²) in [6.45, 7) is 1.53. The molecule has 1 heterocycles. The zero-order valence-electron chi connectivity index (χ0n) is 15.8. The molecule has 0 aliphatic carbocycles. The predicted molar refractivity (Wildman–Crippen MR) is 115 cm³/mol. The van der Waals surface area contributed by atoms with Gasteiger partial charge in [-0.3, -0.25) is 4.79 Å². The molecule has 2 aromatic carbocycles. The lowest BCUT2D eigenvalue weighted by Gasteiger charge is -2.14. The third-order valence-electron chi connectivity index (χ3n) is 4.07. The predicted octanol–water partition coefficient (Wildman–Crippen LogP) is 5.54. The fourth-order valence-corrected chi connectivity index (χ4v) is 3.52. The van der Waals surface area contributed by atoms with Crippen molar-refractivity contribution in [3.63, 3.8) is 0 Å². The second-order valence-corrected chi connectivity index (χ2v) is 7.26. The molecule has 0 unspecified atom stereocenters. The topological polar surface area (TPSA) is 69.7 Å². The van der Waals surface area contributed by atoms with Gasteiger partial charge in [-0.15, -0.1) is 0 Å². The van der Waals surface area contributed by atoms with Crippen LogP contribution >= 0.6 is 34.8 Å². The number of hydrogen-bond acceptors (Lipinski definition) is 5. The summed E-state index contributed by atoms with van der Waals surface area (Å²) >= 11 is 18.6. The molecule has 0 fully saturated rings. The summed E-state index contributed by atoms with van der Waals surface area (Å²) in [6.07, 6.45) is 0. The monoisotopic (exact) mass is 454 g/mol. The van der Waals surface area contributed by atoms with E-state index in [1.807, 2.05) is 19.1 Å². The number of ether oxygens (including phenoxy) is 3. The third-order valence-corrected chi connectivity index (χ3v) is 4.96. The molecule has 1 amide bonds. The van der Waals surface area contributed by atoms with Gasteiger partial charge in [0.05, 0.1) is 35.0 Å². The number of carbonyl (C=O) groups is 1. The van der Waals surface area contributed by atoms with E-state index in [2.05, 4.69) is 10.3 Å². The molecule has 6 nitrogen and oxygen atoms in total. The molecule has 29 heavy (non-hydrogen) atoms. The average molecular weight is 456 g/mol. The van der Waals surface area contributed by atoms with E-state index in [1.165, 1.54) is 20.3 Å². The van der Waals surface area contributed by atoms with Crippen LogP contribution in [0, 0.1) is 6.92 Å². The number of aryl methyl sites for hydroxylation is 1. The van der Waals surface area contributed by atoms with Crippen molar-refractivity contribution in [1.29, 1.82) is 0 Å². The first-order valence-electron chi connectivity index (χ1n) is 8.43. The molecule has 0 radical (unpaired) electrons. The summed E-state index contributed by atoms with van der Waals surface area (Å²) in [4.78, 5) is 16.9. The van der Waals surface area contributed by atoms with E-state index in [1.54, 1.807) is 12.1 Å². The highest BCUT2D eigenvalue weighted by Crippen LogP contribution is 2.38. The number of aromatic nitrogens is 1. The largest absolute Gasteiger partial charge is 0.495 e. The minimum Gasteiger partial charge on any atom is -0.495 e. The van der Waals surface area contributed by atoms with Crippen molar-refractivity contribution in [2.75, 3.05) is 26.1 Å². The molecule has 1 N–H and O–H groups in total. The van der Waals surface area contributed by atoms with Crippen molar-refractivity contribution in [2.24, 2.45) is 0 Å². The Morgan fingerprint density at radius 1 is 1.00 bits per heavy atom. The molecule has 0 spiro atoms. The van der Waals surface area contributed by atoms with Crippen molar-refractivity contribution in [2.45, 2.75) is 6.92 Å². The summed E-state index contributed by atoms with van der Waals surface area (Å²) in [5, 5.41) is 4.42. The number of fused-ring (bicyclic) bond motifs is 1. The highest BCUT2D eigenvalue weighted by molar-refractivity contribution is 6.39. The number of hydrogen-bond donors (Lipinski definition) is 1. The number of amides is 1. The number of pyridine rings is 1. The molecule has 0 saturated heterocycles. The highest BCUT2D eigenvalue weighted by atomic mass is 35.5. The summed E-state index contributed by atoms with van der Waals surface area (Å²) in [6, 6.07) is 8.33. The number of rotatable bonds is 6. The third kappa shape index (κ3) is 4.61. The molecule has 9 heteroatoms. The normalized spacial score (nSPS) is 10.7. The maximum absolute atomic E-state index is 12.4. The first-order chi connectivity index (χ1) is 13.8. The first-order valence-corrected chi connectivity index (χ1v) is 9.57. The fraction of sp³-hybridized carbons (Fsp3) is 0.200. The molecule has 3 rings (SSSR count). The molecule has 0 atom stereocenters. The van der Waals surface area contributed by atoms with E-state index >= 15 is 0 Å². The number of halogens is 3. The number of benzene rings is 2. The van der Waals surface area contributed by atoms with Gasteiger partial charge in [0.15, 0.2) is 12.4 Å². The van der Waals surface area contributed by atoms with Gasteiger partial charge in [-0.2, -0.15) is 0 Å². The average Bonchev–Trinajstić information content (AvgIpc) is 2.67. The fourth-order valence-electron chi connectivity index (χ4n) is 2.71. The number of nitrogens with zero attached hydrogens (tertiary/aromatic N) is 1. The highest BCUT2D eigenvalue weighted by Gasteiger charge is 2.16. The lowest BCUT2D eigenvalue weighted by Crippen LogP contribution is -2.21. The summed E-state index contributed by atoms with van der Waals surface area (Å²) in [5.74, 6) is 0.673. The van der Waals surface area contributed by atoms with Crippen LogP contribution in [-0.2, 0) is 4.79 Å². The van der Waals surface area contributed by atoms with Crippen LogP contribution in [0.3, 0.4) is 0 Å². The number of methoxy groups -OCH3 is 2. The Bertz CT molecular complexity index is 1090. The quantitative estimate of drug-likeness (QED) is 0.528. The van der Waals surface area contributed by atoms with Crippen LogP contribution in [-0.4, -0.2) is 31.7 Å². The van der Waals surface area contributed by atoms with Crippen molar-refractivity contribution < 1.29 is 19.0 Å². The maximum atomic E-state index is 12.4. The van der Waals surface area contributed by atoms with Crippen LogP contribution in [0.1, 0.15) is 5.69 Å². The van der Waals surface area contributed by atoms with E-state index in [9.17, 15) is 4.79 Å². The molecule has 0 saturated carbocycles. The Labute approximate surface area is 182 Å². The Morgan fingerprint density at radius 3 is 2.41 bits per heavy atom. The first kappa shape index (κ1) is 21.3. The van der Waals surface area contributed by atoms with Gasteiger partial charge >= 0.3 is 0 Å². The van der Waals surface area contributed by atoms with Crippen LogP contribution < -0.4 is 19.5 Å². The zero-order valence-corrected chi connectivity index (χ0v) is 18.1. The standard InChI is InChI=1S/C20H17Cl3N2O4/c1-10-4-5-11-12(21)6-14(23)20(19(11)24-10)29-9-18(26)25-15-7-13(22)16(27-2)8-17(15)28-3/h4-8H,9H2,1-3H3,(H,25,26). The Balaban J connectivity index is 1.82. The van der Waals surface area contributed by atoms with E-state index in [-0.39, 0.29) is 17.4 Å².